The van der Waals surface area contributed by atoms with Gasteiger partial charge < -0.3 is 9.84 Å². The maximum absolute atomic E-state index is 12.5. The van der Waals surface area contributed by atoms with Crippen molar-refractivity contribution in [2.45, 2.75) is 25.7 Å². The Bertz CT molecular complexity index is 634. The first-order valence-electron chi connectivity index (χ1n) is 6.23. The van der Waals surface area contributed by atoms with Crippen molar-refractivity contribution in [3.8, 4) is 0 Å². The monoisotopic (exact) mass is 335 g/mol. The van der Waals surface area contributed by atoms with E-state index >= 15 is 0 Å². The molecule has 0 atom stereocenters. The molecule has 1 rings (SSSR count). The number of carbonyl (C=O) groups excluding carboxylic acids is 1. The third kappa shape index (κ3) is 4.02. The molecular formula is C12H17NO6S2. The number of carbonyl (C=O) groups is 2. The predicted octanol–water partition coefficient (Wildman–Crippen LogP) is 1.33. The van der Waals surface area contributed by atoms with Crippen LogP contribution in [0.3, 0.4) is 0 Å². The number of hydrogen-bond acceptors (Lipinski definition) is 6. The zero-order valence-electron chi connectivity index (χ0n) is 12.0. The summed E-state index contributed by atoms with van der Waals surface area (Å²) in [6.07, 6.45) is 0. The molecular weight excluding hydrogens is 318 g/mol. The number of esters is 1. The van der Waals surface area contributed by atoms with Crippen LogP contribution >= 0.6 is 11.3 Å². The normalized spacial score (nSPS) is 11.6. The molecule has 21 heavy (non-hydrogen) atoms. The molecule has 0 amide bonds. The van der Waals surface area contributed by atoms with Crippen LogP contribution in [-0.4, -0.2) is 49.5 Å². The Balaban J connectivity index is 3.13. The van der Waals surface area contributed by atoms with Crippen LogP contribution in [0.15, 0.2) is 11.0 Å². The van der Waals surface area contributed by atoms with Crippen LogP contribution in [0.1, 0.15) is 28.4 Å². The van der Waals surface area contributed by atoms with E-state index < -0.39 is 28.5 Å². The number of carboxylic acid groups (broad SMARTS) is 1. The predicted molar refractivity (Wildman–Crippen MR) is 77.1 cm³/mol. The summed E-state index contributed by atoms with van der Waals surface area (Å²) >= 11 is 0.885. The first-order valence-corrected chi connectivity index (χ1v) is 8.49. The number of rotatable bonds is 7. The zero-order chi connectivity index (χ0) is 16.2. The van der Waals surface area contributed by atoms with Crippen molar-refractivity contribution in [1.82, 2.24) is 4.31 Å². The Hall–Kier alpha value is -1.45. The number of aryl methyl sites for hydroxylation is 1. The fourth-order valence-electron chi connectivity index (χ4n) is 1.68. The van der Waals surface area contributed by atoms with Gasteiger partial charge in [-0.1, -0.05) is 6.92 Å². The van der Waals surface area contributed by atoms with Crippen LogP contribution in [0.25, 0.3) is 0 Å². The highest BCUT2D eigenvalue weighted by Crippen LogP contribution is 2.28. The summed E-state index contributed by atoms with van der Waals surface area (Å²) in [5, 5.41) is 8.93. The molecule has 0 saturated heterocycles. The highest BCUT2D eigenvalue weighted by Gasteiger charge is 2.29. The Kier molecular flexibility index (Phi) is 5.87. The lowest BCUT2D eigenvalue weighted by atomic mass is 10.4. The third-order valence-corrected chi connectivity index (χ3v) is 5.88. The summed E-state index contributed by atoms with van der Waals surface area (Å²) in [6, 6.07) is 1.12. The number of sulfonamides is 1. The highest BCUT2D eigenvalue weighted by atomic mass is 32.2. The van der Waals surface area contributed by atoms with Crippen molar-refractivity contribution >= 4 is 33.3 Å². The largest absolute Gasteiger partial charge is 0.477 e. The number of aromatic carboxylic acids is 1. The van der Waals surface area contributed by atoms with Crippen molar-refractivity contribution in [2.75, 3.05) is 19.7 Å². The molecule has 0 aromatic carbocycles. The van der Waals surface area contributed by atoms with Gasteiger partial charge in [-0.15, -0.1) is 11.3 Å². The fraction of sp³-hybridized carbons (Fsp3) is 0.500. The molecule has 1 N–H and O–H groups in total. The van der Waals surface area contributed by atoms with Gasteiger partial charge in [-0.25, -0.2) is 13.2 Å². The topological polar surface area (TPSA) is 101 Å². The molecule has 9 heteroatoms. The molecule has 0 aliphatic carbocycles. The molecule has 0 saturated carbocycles. The minimum atomic E-state index is -3.93. The van der Waals surface area contributed by atoms with Crippen molar-refractivity contribution < 1.29 is 27.9 Å². The van der Waals surface area contributed by atoms with Crippen LogP contribution in [0.4, 0.5) is 0 Å². The maximum atomic E-state index is 12.5. The van der Waals surface area contributed by atoms with Gasteiger partial charge in [0, 0.05) is 11.4 Å². The van der Waals surface area contributed by atoms with Gasteiger partial charge in [-0.05, 0) is 19.9 Å². The Morgan fingerprint density at radius 3 is 2.43 bits per heavy atom. The molecule has 1 heterocycles. The first kappa shape index (κ1) is 17.6. The number of hydrogen-bond donors (Lipinski definition) is 1. The van der Waals surface area contributed by atoms with Crippen molar-refractivity contribution in [3.63, 3.8) is 0 Å². The van der Waals surface area contributed by atoms with E-state index in [1.54, 1.807) is 13.8 Å². The molecule has 0 fully saturated rings. The first-order chi connectivity index (χ1) is 9.73. The molecule has 0 aliphatic heterocycles. The average molecular weight is 335 g/mol. The Morgan fingerprint density at radius 1 is 1.38 bits per heavy atom. The van der Waals surface area contributed by atoms with E-state index in [0.717, 1.165) is 21.7 Å². The second kappa shape index (κ2) is 7.01. The van der Waals surface area contributed by atoms with Gasteiger partial charge >= 0.3 is 11.9 Å². The van der Waals surface area contributed by atoms with E-state index in [-0.39, 0.29) is 22.9 Å². The van der Waals surface area contributed by atoms with E-state index in [1.807, 2.05) is 0 Å². The molecule has 1 aromatic heterocycles. The quantitative estimate of drug-likeness (QED) is 0.754. The molecule has 118 valence electrons. The Morgan fingerprint density at radius 2 is 2.00 bits per heavy atom. The number of carboxylic acids is 1. The molecule has 0 aliphatic rings. The lowest BCUT2D eigenvalue weighted by Crippen LogP contribution is -2.36. The summed E-state index contributed by atoms with van der Waals surface area (Å²) in [7, 11) is -3.93. The molecule has 0 spiro atoms. The van der Waals surface area contributed by atoms with E-state index in [0.29, 0.717) is 4.88 Å². The summed E-state index contributed by atoms with van der Waals surface area (Å²) < 4.78 is 30.7. The molecule has 1 aromatic rings. The minimum absolute atomic E-state index is 0.0572. The zero-order valence-corrected chi connectivity index (χ0v) is 13.6. The second-order valence-corrected chi connectivity index (χ2v) is 7.24. The fourth-order valence-corrected chi connectivity index (χ4v) is 4.48. The van der Waals surface area contributed by atoms with Crippen LogP contribution in [-0.2, 0) is 19.6 Å². The average Bonchev–Trinajstić information content (AvgIpc) is 2.79. The van der Waals surface area contributed by atoms with E-state index in [1.165, 1.54) is 6.92 Å². The molecule has 0 bridgehead atoms. The van der Waals surface area contributed by atoms with Crippen LogP contribution < -0.4 is 0 Å². The van der Waals surface area contributed by atoms with Crippen LogP contribution in [0, 0.1) is 6.92 Å². The summed E-state index contributed by atoms with van der Waals surface area (Å²) in [4.78, 5) is 22.6. The van der Waals surface area contributed by atoms with Gasteiger partial charge in [0.05, 0.1) is 11.5 Å². The van der Waals surface area contributed by atoms with Crippen molar-refractivity contribution in [2.24, 2.45) is 0 Å². The molecule has 7 nitrogen and oxygen atoms in total. The van der Waals surface area contributed by atoms with Gasteiger partial charge in [0.15, 0.2) is 0 Å². The standard InChI is InChI=1S/C12H17NO6S2/c1-4-13(7-11(14)19-5-2)21(17,18)10-6-9(12(15)16)20-8(10)3/h6H,4-5,7H2,1-3H3,(H,15,16). The van der Waals surface area contributed by atoms with Gasteiger partial charge in [0.25, 0.3) is 0 Å². The smallest absolute Gasteiger partial charge is 0.345 e. The van der Waals surface area contributed by atoms with E-state index in [2.05, 4.69) is 0 Å². The number of ether oxygens (including phenoxy) is 1. The minimum Gasteiger partial charge on any atom is -0.477 e. The lowest BCUT2D eigenvalue weighted by molar-refractivity contribution is -0.143. The van der Waals surface area contributed by atoms with E-state index in [9.17, 15) is 18.0 Å². The van der Waals surface area contributed by atoms with Crippen LogP contribution in [0.5, 0.6) is 0 Å². The SMILES string of the molecule is CCOC(=O)CN(CC)S(=O)(=O)c1cc(C(=O)O)sc1C. The third-order valence-electron chi connectivity index (χ3n) is 2.66. The van der Waals surface area contributed by atoms with Gasteiger partial charge in [0.1, 0.15) is 11.4 Å². The summed E-state index contributed by atoms with van der Waals surface area (Å²) in [6.45, 7) is 4.60. The second-order valence-electron chi connectivity index (χ2n) is 4.07. The van der Waals surface area contributed by atoms with Gasteiger partial charge in [0.2, 0.25) is 10.0 Å². The number of thiophene rings is 1. The molecule has 0 radical (unpaired) electrons. The number of likely N-dealkylation sites (N-methyl/N-ethyl adjacent to an activating group) is 1. The maximum Gasteiger partial charge on any atom is 0.345 e. The van der Waals surface area contributed by atoms with Crippen molar-refractivity contribution in [3.05, 3.63) is 15.8 Å². The molecule has 0 unspecified atom stereocenters. The van der Waals surface area contributed by atoms with Gasteiger partial charge in [-0.3, -0.25) is 4.79 Å². The lowest BCUT2D eigenvalue weighted by Gasteiger charge is -2.19. The highest BCUT2D eigenvalue weighted by molar-refractivity contribution is 7.89. The number of nitrogens with zero attached hydrogens (tertiary/aromatic N) is 1. The van der Waals surface area contributed by atoms with Crippen LogP contribution in [0.2, 0.25) is 0 Å². The summed E-state index contributed by atoms with van der Waals surface area (Å²) in [5.74, 6) is -1.83. The Labute approximate surface area is 127 Å². The van der Waals surface area contributed by atoms with E-state index in [4.69, 9.17) is 9.84 Å². The van der Waals surface area contributed by atoms with Crippen molar-refractivity contribution in [1.29, 1.82) is 0 Å². The summed E-state index contributed by atoms with van der Waals surface area (Å²) in [5.41, 5.74) is 0. The van der Waals surface area contributed by atoms with Gasteiger partial charge in [-0.2, -0.15) is 4.31 Å².